The van der Waals surface area contributed by atoms with Crippen molar-refractivity contribution in [2.24, 2.45) is 11.0 Å². The number of carbonyl (C=O) groups is 2. The lowest BCUT2D eigenvalue weighted by Crippen LogP contribution is -2.34. The van der Waals surface area contributed by atoms with E-state index in [-0.39, 0.29) is 5.69 Å². The van der Waals surface area contributed by atoms with Crippen LogP contribution in [-0.4, -0.2) is 24.6 Å². The van der Waals surface area contributed by atoms with Gasteiger partial charge in [0.05, 0.1) is 18.5 Å². The van der Waals surface area contributed by atoms with Crippen LogP contribution in [0.3, 0.4) is 0 Å². The van der Waals surface area contributed by atoms with Crippen LogP contribution in [0.5, 0.6) is 5.75 Å². The molecule has 8 heteroatoms. The molecule has 2 aromatic rings. The molecule has 0 radical (unpaired) electrons. The van der Waals surface area contributed by atoms with E-state index in [9.17, 15) is 14.0 Å². The maximum Gasteiger partial charge on any atom is 0.252 e. The molecule has 148 valence electrons. The van der Waals surface area contributed by atoms with Gasteiger partial charge in [-0.2, -0.15) is 5.10 Å². The monoisotopic (exact) mass is 449 g/mol. The first kappa shape index (κ1) is 21.6. The number of para-hydroxylation sites is 1. The summed E-state index contributed by atoms with van der Waals surface area (Å²) in [6, 6.07) is 11.2. The molecule has 28 heavy (non-hydrogen) atoms. The molecule has 0 bridgehead atoms. The van der Waals surface area contributed by atoms with E-state index in [0.717, 1.165) is 10.9 Å². The van der Waals surface area contributed by atoms with E-state index in [1.54, 1.807) is 18.2 Å². The molecule has 0 aliphatic rings. The fourth-order valence-corrected chi connectivity index (χ4v) is 2.53. The lowest BCUT2D eigenvalue weighted by atomic mass is 10.1. The van der Waals surface area contributed by atoms with E-state index in [1.807, 2.05) is 13.0 Å². The third kappa shape index (κ3) is 6.16. The van der Waals surface area contributed by atoms with Crippen LogP contribution in [0.15, 0.2) is 52.0 Å². The van der Waals surface area contributed by atoms with Gasteiger partial charge < -0.3 is 10.1 Å². The van der Waals surface area contributed by atoms with Gasteiger partial charge >= 0.3 is 0 Å². The molecular weight excluding hydrogens is 429 g/mol. The minimum Gasteiger partial charge on any atom is -0.493 e. The van der Waals surface area contributed by atoms with Crippen LogP contribution < -0.4 is 15.5 Å². The Morgan fingerprint density at radius 3 is 2.71 bits per heavy atom. The van der Waals surface area contributed by atoms with Gasteiger partial charge in [0.25, 0.3) is 5.91 Å². The fourth-order valence-electron chi connectivity index (χ4n) is 2.15. The lowest BCUT2D eigenvalue weighted by molar-refractivity contribution is -0.131. The summed E-state index contributed by atoms with van der Waals surface area (Å²) in [7, 11) is 0. The van der Waals surface area contributed by atoms with Crippen molar-refractivity contribution in [3.8, 4) is 5.75 Å². The van der Waals surface area contributed by atoms with Gasteiger partial charge in [-0.15, -0.1) is 0 Å². The smallest absolute Gasteiger partial charge is 0.252 e. The highest BCUT2D eigenvalue weighted by Gasteiger charge is 2.22. The number of nitrogens with one attached hydrogen (secondary N) is 2. The second-order valence-electron chi connectivity index (χ2n) is 5.96. The number of hydrogen-bond acceptors (Lipinski definition) is 4. The topological polar surface area (TPSA) is 79.8 Å². The summed E-state index contributed by atoms with van der Waals surface area (Å²) in [6.45, 7) is 3.97. The van der Waals surface area contributed by atoms with Gasteiger partial charge in [0.2, 0.25) is 5.91 Å². The third-order valence-corrected chi connectivity index (χ3v) is 4.22. The molecule has 0 saturated carbocycles. The number of nitrogens with zero attached hydrogens (tertiary/aromatic N) is 1. The van der Waals surface area contributed by atoms with Crippen molar-refractivity contribution in [3.05, 3.63) is 58.3 Å². The van der Waals surface area contributed by atoms with Crippen LogP contribution in [0.4, 0.5) is 10.1 Å². The molecule has 1 unspecified atom stereocenters. The zero-order valence-corrected chi connectivity index (χ0v) is 17.1. The number of halogens is 2. The number of anilines is 1. The van der Waals surface area contributed by atoms with Crippen LogP contribution in [0.1, 0.15) is 25.8 Å². The summed E-state index contributed by atoms with van der Waals surface area (Å²) in [6.07, 6.45) is 2.30. The van der Waals surface area contributed by atoms with Gasteiger partial charge in [0, 0.05) is 10.0 Å². The van der Waals surface area contributed by atoms with Crippen molar-refractivity contribution in [1.82, 2.24) is 5.43 Å². The minimum atomic E-state index is -1.06. The predicted molar refractivity (Wildman–Crippen MR) is 110 cm³/mol. The number of hydrazone groups is 1. The Hall–Kier alpha value is -2.74. The minimum absolute atomic E-state index is 0.0162. The molecule has 0 aromatic heterocycles. The van der Waals surface area contributed by atoms with Gasteiger partial charge in [-0.3, -0.25) is 9.59 Å². The van der Waals surface area contributed by atoms with Crippen LogP contribution in [0.2, 0.25) is 0 Å². The van der Waals surface area contributed by atoms with Gasteiger partial charge in [-0.1, -0.05) is 35.0 Å². The molecule has 0 spiro atoms. The Morgan fingerprint density at radius 1 is 1.25 bits per heavy atom. The molecular formula is C20H21BrFN3O3. The number of rotatable bonds is 8. The van der Waals surface area contributed by atoms with Crippen LogP contribution in [0.25, 0.3) is 0 Å². The van der Waals surface area contributed by atoms with E-state index in [0.29, 0.717) is 17.9 Å². The Balaban J connectivity index is 1.98. The van der Waals surface area contributed by atoms with Gasteiger partial charge in [0.15, 0.2) is 0 Å². The molecule has 0 fully saturated rings. The highest BCUT2D eigenvalue weighted by molar-refractivity contribution is 9.10. The highest BCUT2D eigenvalue weighted by Crippen LogP contribution is 2.22. The summed E-state index contributed by atoms with van der Waals surface area (Å²) >= 11 is 3.38. The maximum atomic E-state index is 13.6. The highest BCUT2D eigenvalue weighted by atomic mass is 79.9. The predicted octanol–water partition coefficient (Wildman–Crippen LogP) is 4.10. The summed E-state index contributed by atoms with van der Waals surface area (Å²) < 4.78 is 20.1. The summed E-state index contributed by atoms with van der Waals surface area (Å²) in [4.78, 5) is 24.3. The molecule has 1 atom stereocenters. The zero-order chi connectivity index (χ0) is 20.5. The van der Waals surface area contributed by atoms with Crippen molar-refractivity contribution in [2.45, 2.75) is 20.3 Å². The van der Waals surface area contributed by atoms with E-state index in [1.165, 1.54) is 31.3 Å². The first-order valence-corrected chi connectivity index (χ1v) is 9.52. The SMILES string of the molecule is CCCOc1ccc(Br)cc1C=NNC(=O)C(C)C(=O)Nc1ccccc1F. The fraction of sp³-hybridized carbons (Fsp3) is 0.250. The van der Waals surface area contributed by atoms with Gasteiger partial charge in [-0.25, -0.2) is 9.82 Å². The molecule has 0 heterocycles. The van der Waals surface area contributed by atoms with Crippen molar-refractivity contribution >= 4 is 39.6 Å². The van der Waals surface area contributed by atoms with Crippen molar-refractivity contribution in [3.63, 3.8) is 0 Å². The second-order valence-corrected chi connectivity index (χ2v) is 6.87. The third-order valence-electron chi connectivity index (χ3n) is 3.73. The quantitative estimate of drug-likeness (QED) is 0.361. The molecule has 0 aliphatic heterocycles. The van der Waals surface area contributed by atoms with E-state index < -0.39 is 23.5 Å². The van der Waals surface area contributed by atoms with Crippen LogP contribution >= 0.6 is 15.9 Å². The normalized spacial score (nSPS) is 11.9. The van der Waals surface area contributed by atoms with Crippen molar-refractivity contribution in [2.75, 3.05) is 11.9 Å². The van der Waals surface area contributed by atoms with Gasteiger partial charge in [-0.05, 0) is 43.7 Å². The maximum absolute atomic E-state index is 13.6. The number of hydrogen-bond donors (Lipinski definition) is 2. The van der Waals surface area contributed by atoms with E-state index >= 15 is 0 Å². The average molecular weight is 450 g/mol. The van der Waals surface area contributed by atoms with Gasteiger partial charge in [0.1, 0.15) is 17.5 Å². The largest absolute Gasteiger partial charge is 0.493 e. The standard InChI is InChI=1S/C20H21BrFN3O3/c1-3-10-28-18-9-8-15(21)11-14(18)12-23-25-20(27)13(2)19(26)24-17-7-5-4-6-16(17)22/h4-9,11-13H,3,10H2,1-2H3,(H,24,26)(H,25,27). The number of benzene rings is 2. The molecule has 2 aromatic carbocycles. The first-order chi connectivity index (χ1) is 13.4. The molecule has 6 nitrogen and oxygen atoms in total. The summed E-state index contributed by atoms with van der Waals surface area (Å²) in [5.74, 6) is -2.25. The molecule has 2 rings (SSSR count). The first-order valence-electron chi connectivity index (χ1n) is 8.73. The number of amides is 2. The Kier molecular flexibility index (Phi) is 8.13. The van der Waals surface area contributed by atoms with Crippen LogP contribution in [-0.2, 0) is 9.59 Å². The molecule has 2 amide bonds. The summed E-state index contributed by atoms with van der Waals surface area (Å²) in [5, 5.41) is 6.29. The lowest BCUT2D eigenvalue weighted by Gasteiger charge is -2.11. The Morgan fingerprint density at radius 2 is 2.00 bits per heavy atom. The van der Waals surface area contributed by atoms with Crippen LogP contribution in [0, 0.1) is 11.7 Å². The number of carbonyl (C=O) groups excluding carboxylic acids is 2. The second kappa shape index (κ2) is 10.6. The van der Waals surface area contributed by atoms with E-state index in [4.69, 9.17) is 4.74 Å². The molecule has 0 aliphatic carbocycles. The Bertz CT molecular complexity index is 874. The average Bonchev–Trinajstić information content (AvgIpc) is 2.68. The number of ether oxygens (including phenoxy) is 1. The van der Waals surface area contributed by atoms with Crippen molar-refractivity contribution < 1.29 is 18.7 Å². The summed E-state index contributed by atoms with van der Waals surface area (Å²) in [5.41, 5.74) is 3.01. The van der Waals surface area contributed by atoms with Crippen molar-refractivity contribution in [1.29, 1.82) is 0 Å². The zero-order valence-electron chi connectivity index (χ0n) is 15.5. The molecule has 2 N–H and O–H groups in total. The Labute approximate surface area is 171 Å². The molecule has 0 saturated heterocycles. The van der Waals surface area contributed by atoms with E-state index in [2.05, 4.69) is 31.8 Å².